The molecule has 2 aromatic rings. The van der Waals surface area contributed by atoms with E-state index in [1.54, 1.807) is 23.1 Å². The number of nitrogens with zero attached hydrogens (tertiary/aromatic N) is 1. The molecule has 1 aromatic heterocycles. The van der Waals surface area contributed by atoms with Gasteiger partial charge in [-0.15, -0.1) is 23.7 Å². The predicted octanol–water partition coefficient (Wildman–Crippen LogP) is 4.66. The van der Waals surface area contributed by atoms with Crippen molar-refractivity contribution in [2.24, 2.45) is 11.3 Å². The van der Waals surface area contributed by atoms with Crippen molar-refractivity contribution in [3.8, 4) is 0 Å². The quantitative estimate of drug-likeness (QED) is 0.770. The maximum absolute atomic E-state index is 12.6. The van der Waals surface area contributed by atoms with Gasteiger partial charge in [-0.05, 0) is 75.4 Å². The SMILES string of the molecule is Cc1csc(Sc2ccc(NC(=O)C3CC34CCNCC4)c(C)c2)n1.Cl. The van der Waals surface area contributed by atoms with Crippen molar-refractivity contribution in [2.75, 3.05) is 18.4 Å². The van der Waals surface area contributed by atoms with E-state index in [1.165, 1.54) is 0 Å². The molecular formula is C19H24ClN3OS2. The summed E-state index contributed by atoms with van der Waals surface area (Å²) in [5.74, 6) is 0.391. The summed E-state index contributed by atoms with van der Waals surface area (Å²) in [7, 11) is 0. The van der Waals surface area contributed by atoms with Crippen LogP contribution in [0.15, 0.2) is 32.8 Å². The molecule has 1 amide bonds. The Morgan fingerprint density at radius 2 is 2.12 bits per heavy atom. The van der Waals surface area contributed by atoms with Gasteiger partial charge in [-0.25, -0.2) is 4.98 Å². The first-order chi connectivity index (χ1) is 12.1. The molecule has 4 rings (SSSR count). The molecule has 1 aliphatic heterocycles. The van der Waals surface area contributed by atoms with Crippen molar-refractivity contribution in [2.45, 2.75) is 42.3 Å². The van der Waals surface area contributed by atoms with Gasteiger partial charge in [-0.1, -0.05) is 11.8 Å². The molecule has 7 heteroatoms. The van der Waals surface area contributed by atoms with Crippen LogP contribution in [0.2, 0.25) is 0 Å². The summed E-state index contributed by atoms with van der Waals surface area (Å²) in [4.78, 5) is 18.3. The number of halogens is 1. The van der Waals surface area contributed by atoms with E-state index in [4.69, 9.17) is 0 Å². The van der Waals surface area contributed by atoms with Gasteiger partial charge in [0, 0.05) is 27.6 Å². The van der Waals surface area contributed by atoms with E-state index >= 15 is 0 Å². The Kier molecular flexibility index (Phi) is 5.97. The van der Waals surface area contributed by atoms with Gasteiger partial charge in [0.2, 0.25) is 5.91 Å². The molecule has 1 unspecified atom stereocenters. The standard InChI is InChI=1S/C19H23N3OS2.ClH/c1-12-9-14(25-18-21-13(2)11-24-18)3-4-16(12)22-17(23)15-10-19(15)5-7-20-8-6-19;/h3-4,9,11,15,20H,5-8,10H2,1-2H3,(H,22,23);1H. The largest absolute Gasteiger partial charge is 0.326 e. The molecule has 1 saturated carbocycles. The Morgan fingerprint density at radius 3 is 2.77 bits per heavy atom. The summed E-state index contributed by atoms with van der Waals surface area (Å²) in [6.45, 7) is 6.16. The molecule has 2 N–H and O–H groups in total. The first-order valence-corrected chi connectivity index (χ1v) is 10.5. The van der Waals surface area contributed by atoms with Gasteiger partial charge < -0.3 is 10.6 Å². The molecule has 1 aromatic carbocycles. The van der Waals surface area contributed by atoms with Crippen LogP contribution in [0, 0.1) is 25.2 Å². The second kappa shape index (κ2) is 7.89. The number of hydrogen-bond acceptors (Lipinski definition) is 5. The lowest BCUT2D eigenvalue weighted by Crippen LogP contribution is -2.31. The zero-order chi connectivity index (χ0) is 17.4. The highest BCUT2D eigenvalue weighted by Crippen LogP contribution is 2.58. The van der Waals surface area contributed by atoms with Crippen LogP contribution in [0.1, 0.15) is 30.5 Å². The highest BCUT2D eigenvalue weighted by Gasteiger charge is 2.57. The number of aryl methyl sites for hydroxylation is 2. The summed E-state index contributed by atoms with van der Waals surface area (Å²) < 4.78 is 1.06. The summed E-state index contributed by atoms with van der Waals surface area (Å²) in [6.07, 6.45) is 3.32. The molecule has 2 fully saturated rings. The van der Waals surface area contributed by atoms with E-state index in [1.807, 2.05) is 13.0 Å². The number of nitrogens with one attached hydrogen (secondary N) is 2. The minimum absolute atomic E-state index is 0. The van der Waals surface area contributed by atoms with Gasteiger partial charge in [-0.3, -0.25) is 4.79 Å². The maximum atomic E-state index is 12.6. The van der Waals surface area contributed by atoms with E-state index in [0.717, 1.165) is 58.5 Å². The average molecular weight is 410 g/mol. The van der Waals surface area contributed by atoms with E-state index in [-0.39, 0.29) is 29.6 Å². The van der Waals surface area contributed by atoms with Crippen LogP contribution < -0.4 is 10.6 Å². The predicted molar refractivity (Wildman–Crippen MR) is 111 cm³/mol. The first kappa shape index (κ1) is 19.7. The lowest BCUT2D eigenvalue weighted by molar-refractivity contribution is -0.118. The number of benzene rings is 1. The zero-order valence-electron chi connectivity index (χ0n) is 15.0. The van der Waals surface area contributed by atoms with Crippen LogP contribution in [0.3, 0.4) is 0 Å². The molecule has 0 bridgehead atoms. The molecule has 0 radical (unpaired) electrons. The summed E-state index contributed by atoms with van der Waals surface area (Å²) in [5, 5.41) is 8.61. The zero-order valence-corrected chi connectivity index (χ0v) is 17.5. The van der Waals surface area contributed by atoms with E-state index < -0.39 is 0 Å². The van der Waals surface area contributed by atoms with Gasteiger partial charge in [-0.2, -0.15) is 0 Å². The van der Waals surface area contributed by atoms with E-state index in [0.29, 0.717) is 0 Å². The number of carbonyl (C=O) groups is 1. The molecule has 2 heterocycles. The summed E-state index contributed by atoms with van der Waals surface area (Å²) in [6, 6.07) is 6.22. The molecule has 26 heavy (non-hydrogen) atoms. The Balaban J connectivity index is 0.00000196. The van der Waals surface area contributed by atoms with Gasteiger partial charge in [0.15, 0.2) is 4.34 Å². The van der Waals surface area contributed by atoms with Crippen LogP contribution >= 0.6 is 35.5 Å². The van der Waals surface area contributed by atoms with Gasteiger partial charge in [0.25, 0.3) is 0 Å². The summed E-state index contributed by atoms with van der Waals surface area (Å²) >= 11 is 3.34. The Morgan fingerprint density at radius 1 is 1.35 bits per heavy atom. The summed E-state index contributed by atoms with van der Waals surface area (Å²) in [5.41, 5.74) is 3.37. The fourth-order valence-corrected chi connectivity index (χ4v) is 5.64. The first-order valence-electron chi connectivity index (χ1n) is 8.78. The minimum atomic E-state index is 0. The van der Waals surface area contributed by atoms with Gasteiger partial charge in [0.1, 0.15) is 0 Å². The second-order valence-electron chi connectivity index (χ2n) is 7.19. The molecule has 140 valence electrons. The van der Waals surface area contributed by atoms with Crippen LogP contribution in [-0.2, 0) is 4.79 Å². The number of aromatic nitrogens is 1. The van der Waals surface area contributed by atoms with Crippen molar-refractivity contribution in [3.05, 3.63) is 34.8 Å². The van der Waals surface area contributed by atoms with E-state index in [9.17, 15) is 4.79 Å². The highest BCUT2D eigenvalue weighted by molar-refractivity contribution is 8.01. The molecule has 1 aliphatic carbocycles. The average Bonchev–Trinajstić information content (AvgIpc) is 3.12. The number of carbonyl (C=O) groups excluding carboxylic acids is 1. The van der Waals surface area contributed by atoms with Crippen LogP contribution in [-0.4, -0.2) is 24.0 Å². The second-order valence-corrected chi connectivity index (χ2v) is 9.37. The van der Waals surface area contributed by atoms with Gasteiger partial charge in [0.05, 0.1) is 0 Å². The fraction of sp³-hybridized carbons (Fsp3) is 0.474. The van der Waals surface area contributed by atoms with Crippen LogP contribution in [0.25, 0.3) is 0 Å². The third-order valence-corrected chi connectivity index (χ3v) is 7.41. The number of anilines is 1. The molecule has 1 saturated heterocycles. The Labute approximate surface area is 169 Å². The smallest absolute Gasteiger partial charge is 0.228 e. The molecular weight excluding hydrogens is 386 g/mol. The number of piperidine rings is 1. The van der Waals surface area contributed by atoms with Crippen molar-refractivity contribution >= 4 is 47.1 Å². The van der Waals surface area contributed by atoms with Crippen molar-refractivity contribution in [1.82, 2.24) is 10.3 Å². The van der Waals surface area contributed by atoms with Crippen LogP contribution in [0.5, 0.6) is 0 Å². The van der Waals surface area contributed by atoms with Crippen molar-refractivity contribution in [1.29, 1.82) is 0 Å². The topological polar surface area (TPSA) is 54.0 Å². The highest BCUT2D eigenvalue weighted by atomic mass is 35.5. The Bertz CT molecular complexity index is 802. The molecule has 1 spiro atoms. The Hall–Kier alpha value is -1.08. The third-order valence-electron chi connectivity index (χ3n) is 5.36. The minimum Gasteiger partial charge on any atom is -0.326 e. The molecule has 1 atom stereocenters. The number of rotatable bonds is 4. The number of amides is 1. The van der Waals surface area contributed by atoms with E-state index in [2.05, 4.69) is 40.1 Å². The van der Waals surface area contributed by atoms with Crippen molar-refractivity contribution in [3.63, 3.8) is 0 Å². The van der Waals surface area contributed by atoms with Crippen LogP contribution in [0.4, 0.5) is 5.69 Å². The van der Waals surface area contributed by atoms with Gasteiger partial charge >= 0.3 is 0 Å². The third kappa shape index (κ3) is 4.09. The lowest BCUT2D eigenvalue weighted by atomic mass is 9.91. The van der Waals surface area contributed by atoms with Crippen molar-refractivity contribution < 1.29 is 4.79 Å². The lowest BCUT2D eigenvalue weighted by Gasteiger charge is -2.23. The normalized spacial score (nSPS) is 20.5. The maximum Gasteiger partial charge on any atom is 0.228 e. The number of thiazole rings is 1. The molecule has 4 nitrogen and oxygen atoms in total. The number of hydrogen-bond donors (Lipinski definition) is 2. The monoisotopic (exact) mass is 409 g/mol. The fourth-order valence-electron chi connectivity index (χ4n) is 3.74. The molecule has 2 aliphatic rings.